The van der Waals surface area contributed by atoms with Crippen LogP contribution in [0.1, 0.15) is 30.4 Å². The maximum atomic E-state index is 10.6. The van der Waals surface area contributed by atoms with Gasteiger partial charge < -0.3 is 9.84 Å². The molecular weight excluding hydrogens is 192 g/mol. The van der Waals surface area contributed by atoms with Gasteiger partial charge in [0.15, 0.2) is 0 Å². The van der Waals surface area contributed by atoms with E-state index in [1.165, 1.54) is 0 Å². The summed E-state index contributed by atoms with van der Waals surface area (Å²) >= 11 is 0. The highest BCUT2D eigenvalue weighted by atomic mass is 16.5. The van der Waals surface area contributed by atoms with Crippen molar-refractivity contribution in [3.8, 4) is 5.75 Å². The summed E-state index contributed by atoms with van der Waals surface area (Å²) in [6, 6.07) is 5.83. The second-order valence-electron chi connectivity index (χ2n) is 3.74. The van der Waals surface area contributed by atoms with E-state index >= 15 is 0 Å². The number of carbonyl (C=O) groups is 1. The SMILES string of the molecule is COc1cc(C)ccc1[C@@H](C)CC(=O)O. The Balaban J connectivity index is 2.97. The van der Waals surface area contributed by atoms with Gasteiger partial charge in [-0.15, -0.1) is 0 Å². The largest absolute Gasteiger partial charge is 0.496 e. The molecule has 0 aliphatic carbocycles. The molecule has 3 heteroatoms. The number of hydrogen-bond donors (Lipinski definition) is 1. The zero-order valence-corrected chi connectivity index (χ0v) is 9.28. The summed E-state index contributed by atoms with van der Waals surface area (Å²) in [5.74, 6) is -0.0491. The Labute approximate surface area is 89.7 Å². The molecule has 0 heterocycles. The predicted molar refractivity (Wildman–Crippen MR) is 58.4 cm³/mol. The number of aliphatic carboxylic acids is 1. The van der Waals surface area contributed by atoms with Crippen molar-refractivity contribution in [1.29, 1.82) is 0 Å². The number of carboxylic acid groups (broad SMARTS) is 1. The first-order valence-corrected chi connectivity index (χ1v) is 4.91. The quantitative estimate of drug-likeness (QED) is 0.827. The van der Waals surface area contributed by atoms with Crippen molar-refractivity contribution in [1.82, 2.24) is 0 Å². The highest BCUT2D eigenvalue weighted by molar-refractivity contribution is 5.68. The van der Waals surface area contributed by atoms with Crippen LogP contribution in [-0.2, 0) is 4.79 Å². The zero-order valence-electron chi connectivity index (χ0n) is 9.28. The lowest BCUT2D eigenvalue weighted by molar-refractivity contribution is -0.137. The molecule has 0 unspecified atom stereocenters. The van der Waals surface area contributed by atoms with Gasteiger partial charge in [0, 0.05) is 0 Å². The van der Waals surface area contributed by atoms with Gasteiger partial charge in [-0.25, -0.2) is 0 Å². The Morgan fingerprint density at radius 1 is 1.53 bits per heavy atom. The molecule has 1 rings (SSSR count). The Morgan fingerprint density at radius 2 is 2.20 bits per heavy atom. The Bertz CT molecular complexity index is 358. The van der Waals surface area contributed by atoms with Crippen LogP contribution in [0.2, 0.25) is 0 Å². The number of benzene rings is 1. The van der Waals surface area contributed by atoms with Gasteiger partial charge in [0.05, 0.1) is 13.5 Å². The van der Waals surface area contributed by atoms with Crippen LogP contribution in [0.25, 0.3) is 0 Å². The number of methoxy groups -OCH3 is 1. The average molecular weight is 208 g/mol. The first-order chi connectivity index (χ1) is 7.04. The molecule has 15 heavy (non-hydrogen) atoms. The molecule has 1 aromatic carbocycles. The molecule has 0 bridgehead atoms. The van der Waals surface area contributed by atoms with E-state index in [4.69, 9.17) is 9.84 Å². The third-order valence-electron chi connectivity index (χ3n) is 2.40. The van der Waals surface area contributed by atoms with Gasteiger partial charge >= 0.3 is 5.97 Å². The van der Waals surface area contributed by atoms with E-state index in [1.807, 2.05) is 32.0 Å². The minimum absolute atomic E-state index is 0.0296. The first-order valence-electron chi connectivity index (χ1n) is 4.91. The smallest absolute Gasteiger partial charge is 0.303 e. The summed E-state index contributed by atoms with van der Waals surface area (Å²) in [6.07, 6.45) is 0.124. The molecule has 0 aliphatic rings. The summed E-state index contributed by atoms with van der Waals surface area (Å²) in [5, 5.41) is 8.72. The molecule has 0 saturated heterocycles. The summed E-state index contributed by atoms with van der Waals surface area (Å²) in [4.78, 5) is 10.6. The Kier molecular flexibility index (Phi) is 3.72. The number of carboxylic acids is 1. The van der Waals surface area contributed by atoms with E-state index in [1.54, 1.807) is 7.11 Å². The second kappa shape index (κ2) is 4.82. The van der Waals surface area contributed by atoms with E-state index in [-0.39, 0.29) is 12.3 Å². The molecule has 1 N–H and O–H groups in total. The zero-order chi connectivity index (χ0) is 11.4. The van der Waals surface area contributed by atoms with Gasteiger partial charge in [-0.05, 0) is 30.0 Å². The molecular formula is C12H16O3. The van der Waals surface area contributed by atoms with E-state index in [0.717, 1.165) is 16.9 Å². The molecule has 82 valence electrons. The minimum atomic E-state index is -0.787. The highest BCUT2D eigenvalue weighted by Crippen LogP contribution is 2.29. The predicted octanol–water partition coefficient (Wildman–Crippen LogP) is 2.58. The molecule has 0 saturated carbocycles. The van der Waals surface area contributed by atoms with Crippen molar-refractivity contribution in [2.45, 2.75) is 26.2 Å². The molecule has 1 aromatic rings. The number of ether oxygens (including phenoxy) is 1. The van der Waals surface area contributed by atoms with Crippen LogP contribution in [0, 0.1) is 6.92 Å². The van der Waals surface area contributed by atoms with Gasteiger partial charge in [0.2, 0.25) is 0 Å². The van der Waals surface area contributed by atoms with Crippen molar-refractivity contribution >= 4 is 5.97 Å². The molecule has 0 radical (unpaired) electrons. The maximum Gasteiger partial charge on any atom is 0.303 e. The molecule has 0 aromatic heterocycles. The normalized spacial score (nSPS) is 12.2. The van der Waals surface area contributed by atoms with Crippen LogP contribution in [0.4, 0.5) is 0 Å². The van der Waals surface area contributed by atoms with Crippen molar-refractivity contribution in [2.24, 2.45) is 0 Å². The van der Waals surface area contributed by atoms with Gasteiger partial charge in [-0.3, -0.25) is 4.79 Å². The van der Waals surface area contributed by atoms with Gasteiger partial charge in [0.25, 0.3) is 0 Å². The third kappa shape index (κ3) is 2.98. The van der Waals surface area contributed by atoms with Crippen LogP contribution in [0.3, 0.4) is 0 Å². The van der Waals surface area contributed by atoms with Crippen molar-refractivity contribution in [3.63, 3.8) is 0 Å². The number of rotatable bonds is 4. The average Bonchev–Trinajstić information content (AvgIpc) is 2.16. The van der Waals surface area contributed by atoms with E-state index in [2.05, 4.69) is 0 Å². The summed E-state index contributed by atoms with van der Waals surface area (Å²) in [6.45, 7) is 3.87. The molecule has 0 amide bonds. The number of hydrogen-bond acceptors (Lipinski definition) is 2. The van der Waals surface area contributed by atoms with E-state index in [0.29, 0.717) is 0 Å². The molecule has 1 atom stereocenters. The van der Waals surface area contributed by atoms with E-state index in [9.17, 15) is 4.79 Å². The standard InChI is InChI=1S/C12H16O3/c1-8-4-5-10(11(6-8)15-3)9(2)7-12(13)14/h4-6,9H,7H2,1-3H3,(H,13,14)/t9-/m0/s1. The fourth-order valence-corrected chi connectivity index (χ4v) is 1.60. The van der Waals surface area contributed by atoms with Gasteiger partial charge in [0.1, 0.15) is 5.75 Å². The van der Waals surface area contributed by atoms with Gasteiger partial charge in [-0.2, -0.15) is 0 Å². The molecule has 3 nitrogen and oxygen atoms in total. The van der Waals surface area contributed by atoms with E-state index < -0.39 is 5.97 Å². The fourth-order valence-electron chi connectivity index (χ4n) is 1.60. The maximum absolute atomic E-state index is 10.6. The lowest BCUT2D eigenvalue weighted by Gasteiger charge is -2.14. The summed E-state index contributed by atoms with van der Waals surface area (Å²) in [7, 11) is 1.60. The minimum Gasteiger partial charge on any atom is -0.496 e. The van der Waals surface area contributed by atoms with Crippen molar-refractivity contribution < 1.29 is 14.6 Å². The first kappa shape index (κ1) is 11.6. The molecule has 0 aliphatic heterocycles. The van der Waals surface area contributed by atoms with Gasteiger partial charge in [-0.1, -0.05) is 19.1 Å². The van der Waals surface area contributed by atoms with Crippen LogP contribution < -0.4 is 4.74 Å². The second-order valence-corrected chi connectivity index (χ2v) is 3.74. The van der Waals surface area contributed by atoms with Crippen molar-refractivity contribution in [3.05, 3.63) is 29.3 Å². The van der Waals surface area contributed by atoms with Crippen LogP contribution >= 0.6 is 0 Å². The monoisotopic (exact) mass is 208 g/mol. The summed E-state index contributed by atoms with van der Waals surface area (Å²) < 4.78 is 5.24. The highest BCUT2D eigenvalue weighted by Gasteiger charge is 2.14. The third-order valence-corrected chi connectivity index (χ3v) is 2.40. The van der Waals surface area contributed by atoms with Crippen LogP contribution in [-0.4, -0.2) is 18.2 Å². The summed E-state index contributed by atoms with van der Waals surface area (Å²) in [5.41, 5.74) is 2.06. The Morgan fingerprint density at radius 3 is 2.73 bits per heavy atom. The Hall–Kier alpha value is -1.51. The van der Waals surface area contributed by atoms with Crippen LogP contribution in [0.5, 0.6) is 5.75 Å². The van der Waals surface area contributed by atoms with Crippen LogP contribution in [0.15, 0.2) is 18.2 Å². The number of aryl methyl sites for hydroxylation is 1. The topological polar surface area (TPSA) is 46.5 Å². The fraction of sp³-hybridized carbons (Fsp3) is 0.417. The van der Waals surface area contributed by atoms with Crippen molar-refractivity contribution in [2.75, 3.05) is 7.11 Å². The lowest BCUT2D eigenvalue weighted by Crippen LogP contribution is -2.04. The lowest BCUT2D eigenvalue weighted by atomic mass is 9.96. The molecule has 0 fully saturated rings. The molecule has 0 spiro atoms.